The monoisotopic (exact) mass is 461 g/mol. The highest BCUT2D eigenvalue weighted by Crippen LogP contribution is 2.25. The summed E-state index contributed by atoms with van der Waals surface area (Å²) in [5.41, 5.74) is 4.58. The second-order valence-electron chi connectivity index (χ2n) is 8.06. The summed E-state index contributed by atoms with van der Waals surface area (Å²) in [7, 11) is 2.14. The van der Waals surface area contributed by atoms with E-state index in [0.29, 0.717) is 28.0 Å². The number of aromatic nitrogens is 6. The zero-order chi connectivity index (χ0) is 22.9. The van der Waals surface area contributed by atoms with Gasteiger partial charge >= 0.3 is 0 Å². The molecule has 5 heterocycles. The SMILES string of the molecule is C=C(c1ccc2ncc(Cl)n2n1)c1cnc(Nc2ccnc(N3CCN(C)CC3)c2)nc1C. The lowest BCUT2D eigenvalue weighted by Crippen LogP contribution is -2.44. The molecule has 0 spiro atoms. The number of anilines is 3. The highest BCUT2D eigenvalue weighted by molar-refractivity contribution is 6.29. The number of hydrogen-bond donors (Lipinski definition) is 1. The van der Waals surface area contributed by atoms with Crippen LogP contribution in [0.15, 0.2) is 49.4 Å². The normalized spacial score (nSPS) is 14.6. The fourth-order valence-electron chi connectivity index (χ4n) is 3.80. The van der Waals surface area contributed by atoms with E-state index in [2.05, 4.69) is 53.8 Å². The minimum atomic E-state index is 0.445. The van der Waals surface area contributed by atoms with E-state index in [1.807, 2.05) is 37.4 Å². The second kappa shape index (κ2) is 8.76. The van der Waals surface area contributed by atoms with Crippen LogP contribution in [-0.2, 0) is 0 Å². The predicted molar refractivity (Wildman–Crippen MR) is 130 cm³/mol. The molecule has 0 atom stereocenters. The number of aryl methyl sites for hydroxylation is 1. The van der Waals surface area contributed by atoms with E-state index in [-0.39, 0.29) is 0 Å². The first-order chi connectivity index (χ1) is 16.0. The third-order valence-electron chi connectivity index (χ3n) is 5.76. The van der Waals surface area contributed by atoms with Crippen LogP contribution < -0.4 is 10.2 Å². The summed E-state index contributed by atoms with van der Waals surface area (Å²) >= 11 is 6.16. The molecule has 0 aliphatic carbocycles. The van der Waals surface area contributed by atoms with Crippen molar-refractivity contribution >= 4 is 40.3 Å². The third-order valence-corrected chi connectivity index (χ3v) is 6.02. The molecule has 1 aliphatic rings. The molecular weight excluding hydrogens is 438 g/mol. The minimum Gasteiger partial charge on any atom is -0.354 e. The summed E-state index contributed by atoms with van der Waals surface area (Å²) in [6.07, 6.45) is 5.14. The number of nitrogens with zero attached hydrogens (tertiary/aromatic N) is 8. The average Bonchev–Trinajstić information content (AvgIpc) is 3.19. The molecule has 0 aromatic carbocycles. The molecule has 4 aromatic heterocycles. The molecule has 0 radical (unpaired) electrons. The molecule has 0 amide bonds. The standard InChI is InChI=1S/C23H24ClN9/c1-15(19-4-5-21-26-14-20(24)33(21)30-19)18-13-27-23(28-16(18)2)29-17-6-7-25-22(12-17)32-10-8-31(3)9-11-32/h4-7,12-14H,1,8-11H2,2-3H3,(H,25,27,28,29). The van der Waals surface area contributed by atoms with Gasteiger partial charge in [0.25, 0.3) is 0 Å². The molecule has 1 fully saturated rings. The Labute approximate surface area is 196 Å². The number of hydrogen-bond acceptors (Lipinski definition) is 8. The van der Waals surface area contributed by atoms with Gasteiger partial charge in [-0.3, -0.25) is 0 Å². The van der Waals surface area contributed by atoms with E-state index in [0.717, 1.165) is 48.9 Å². The molecule has 33 heavy (non-hydrogen) atoms. The number of likely N-dealkylation sites (N-methyl/N-ethyl adjacent to an activating group) is 1. The smallest absolute Gasteiger partial charge is 0.227 e. The summed E-state index contributed by atoms with van der Waals surface area (Å²) in [5, 5.41) is 8.28. The van der Waals surface area contributed by atoms with Crippen LogP contribution in [0.4, 0.5) is 17.5 Å². The van der Waals surface area contributed by atoms with E-state index in [9.17, 15) is 0 Å². The highest BCUT2D eigenvalue weighted by atomic mass is 35.5. The second-order valence-corrected chi connectivity index (χ2v) is 8.45. The van der Waals surface area contributed by atoms with Crippen molar-refractivity contribution in [3.8, 4) is 0 Å². The lowest BCUT2D eigenvalue weighted by atomic mass is 10.1. The van der Waals surface area contributed by atoms with Gasteiger partial charge in [0.15, 0.2) is 10.8 Å². The van der Waals surface area contributed by atoms with Crippen LogP contribution in [0, 0.1) is 6.92 Å². The molecule has 0 unspecified atom stereocenters. The van der Waals surface area contributed by atoms with Crippen LogP contribution in [0.25, 0.3) is 11.2 Å². The Hall–Kier alpha value is -3.56. The Kier molecular flexibility index (Phi) is 5.65. The van der Waals surface area contributed by atoms with Crippen LogP contribution in [0.5, 0.6) is 0 Å². The van der Waals surface area contributed by atoms with Crippen LogP contribution in [0.3, 0.4) is 0 Å². The topological polar surface area (TPSA) is 87.4 Å². The molecule has 1 saturated heterocycles. The zero-order valence-electron chi connectivity index (χ0n) is 18.5. The first kappa shape index (κ1) is 21.3. The van der Waals surface area contributed by atoms with E-state index < -0.39 is 0 Å². The van der Waals surface area contributed by atoms with Gasteiger partial charge in [-0.15, -0.1) is 0 Å². The van der Waals surface area contributed by atoms with Gasteiger partial charge in [-0.25, -0.2) is 24.5 Å². The Morgan fingerprint density at radius 1 is 1.06 bits per heavy atom. The molecule has 5 rings (SSSR count). The van der Waals surface area contributed by atoms with E-state index in [1.54, 1.807) is 16.9 Å². The molecule has 0 saturated carbocycles. The van der Waals surface area contributed by atoms with Crippen molar-refractivity contribution in [2.75, 3.05) is 43.4 Å². The predicted octanol–water partition coefficient (Wildman–Crippen LogP) is 3.43. The lowest BCUT2D eigenvalue weighted by molar-refractivity contribution is 0.312. The van der Waals surface area contributed by atoms with Crippen molar-refractivity contribution < 1.29 is 0 Å². The van der Waals surface area contributed by atoms with E-state index in [1.165, 1.54) is 0 Å². The van der Waals surface area contributed by atoms with Gasteiger partial charge in [0.2, 0.25) is 5.95 Å². The number of rotatable bonds is 5. The Bertz CT molecular complexity index is 1320. The molecule has 1 N–H and O–H groups in total. The maximum atomic E-state index is 6.16. The van der Waals surface area contributed by atoms with Gasteiger partial charge in [0.1, 0.15) is 5.82 Å². The first-order valence-electron chi connectivity index (χ1n) is 10.7. The molecule has 1 aliphatic heterocycles. The van der Waals surface area contributed by atoms with Crippen molar-refractivity contribution in [1.29, 1.82) is 0 Å². The van der Waals surface area contributed by atoms with Crippen molar-refractivity contribution in [2.45, 2.75) is 6.92 Å². The van der Waals surface area contributed by atoms with Gasteiger partial charge in [-0.2, -0.15) is 5.10 Å². The van der Waals surface area contributed by atoms with Gasteiger partial charge in [-0.1, -0.05) is 18.2 Å². The largest absolute Gasteiger partial charge is 0.354 e. The summed E-state index contributed by atoms with van der Waals surface area (Å²) < 4.78 is 1.58. The minimum absolute atomic E-state index is 0.445. The quantitative estimate of drug-likeness (QED) is 0.483. The Morgan fingerprint density at radius 2 is 1.88 bits per heavy atom. The molecular formula is C23H24ClN9. The molecule has 0 bridgehead atoms. The van der Waals surface area contributed by atoms with Crippen LogP contribution in [-0.4, -0.2) is 67.7 Å². The maximum absolute atomic E-state index is 6.16. The fraction of sp³-hybridized carbons (Fsp3) is 0.261. The number of nitrogens with one attached hydrogen (secondary N) is 1. The van der Waals surface area contributed by atoms with Crippen molar-refractivity contribution in [2.24, 2.45) is 0 Å². The van der Waals surface area contributed by atoms with Crippen LogP contribution >= 0.6 is 11.6 Å². The Morgan fingerprint density at radius 3 is 2.67 bits per heavy atom. The zero-order valence-corrected chi connectivity index (χ0v) is 19.3. The van der Waals surface area contributed by atoms with Crippen molar-refractivity contribution in [3.05, 3.63) is 71.5 Å². The number of piperazine rings is 1. The van der Waals surface area contributed by atoms with Crippen LogP contribution in [0.1, 0.15) is 17.0 Å². The number of halogens is 1. The molecule has 4 aromatic rings. The number of imidazole rings is 1. The summed E-state index contributed by atoms with van der Waals surface area (Å²) in [5.74, 6) is 1.47. The van der Waals surface area contributed by atoms with Gasteiger partial charge < -0.3 is 15.1 Å². The Balaban J connectivity index is 1.34. The summed E-state index contributed by atoms with van der Waals surface area (Å²) in [6.45, 7) is 10.1. The van der Waals surface area contributed by atoms with Gasteiger partial charge in [0, 0.05) is 61.5 Å². The third kappa shape index (κ3) is 4.37. The van der Waals surface area contributed by atoms with Crippen molar-refractivity contribution in [3.63, 3.8) is 0 Å². The molecule has 10 heteroatoms. The molecule has 9 nitrogen and oxygen atoms in total. The van der Waals surface area contributed by atoms with E-state index in [4.69, 9.17) is 11.6 Å². The lowest BCUT2D eigenvalue weighted by Gasteiger charge is -2.33. The van der Waals surface area contributed by atoms with E-state index >= 15 is 0 Å². The van der Waals surface area contributed by atoms with Crippen LogP contribution in [0.2, 0.25) is 5.15 Å². The fourth-order valence-corrected chi connectivity index (χ4v) is 3.97. The van der Waals surface area contributed by atoms with Crippen molar-refractivity contribution in [1.82, 2.24) is 34.4 Å². The number of fused-ring (bicyclic) bond motifs is 1. The average molecular weight is 462 g/mol. The maximum Gasteiger partial charge on any atom is 0.227 e. The van der Waals surface area contributed by atoms with Gasteiger partial charge in [-0.05, 0) is 32.2 Å². The summed E-state index contributed by atoms with van der Waals surface area (Å²) in [4.78, 5) is 22.5. The first-order valence-corrected chi connectivity index (χ1v) is 11.1. The highest BCUT2D eigenvalue weighted by Gasteiger charge is 2.16. The summed E-state index contributed by atoms with van der Waals surface area (Å²) in [6, 6.07) is 7.67. The number of pyridine rings is 1. The van der Waals surface area contributed by atoms with Gasteiger partial charge in [0.05, 0.1) is 17.6 Å². The molecule has 168 valence electrons.